The second-order valence-electron chi connectivity index (χ2n) is 6.27. The number of hydrogen-bond donors (Lipinski definition) is 1. The molecule has 132 valence electrons. The molecule has 3 heterocycles. The molecule has 0 spiro atoms. The number of carbonyl (C=O) groups is 1. The third-order valence-corrected chi connectivity index (χ3v) is 4.41. The molecule has 1 fully saturated rings. The Bertz CT molecular complexity index is 869. The highest BCUT2D eigenvalue weighted by Crippen LogP contribution is 2.17. The molecule has 0 bridgehead atoms. The van der Waals surface area contributed by atoms with Crippen LogP contribution in [-0.2, 0) is 0 Å². The number of hydrogen-bond acceptors (Lipinski definition) is 5. The van der Waals surface area contributed by atoms with Gasteiger partial charge in [0.2, 0.25) is 5.95 Å². The summed E-state index contributed by atoms with van der Waals surface area (Å²) in [5.41, 5.74) is 1.97. The van der Waals surface area contributed by atoms with Crippen molar-refractivity contribution in [2.75, 3.05) is 23.3 Å². The predicted molar refractivity (Wildman–Crippen MR) is 99.6 cm³/mol. The van der Waals surface area contributed by atoms with Crippen LogP contribution in [0.3, 0.4) is 0 Å². The summed E-state index contributed by atoms with van der Waals surface area (Å²) in [4.78, 5) is 23.5. The van der Waals surface area contributed by atoms with Gasteiger partial charge in [-0.15, -0.1) is 0 Å². The first-order valence-electron chi connectivity index (χ1n) is 8.78. The van der Waals surface area contributed by atoms with E-state index in [1.807, 2.05) is 24.4 Å². The lowest BCUT2D eigenvalue weighted by atomic mass is 10.1. The molecule has 1 amide bonds. The van der Waals surface area contributed by atoms with E-state index in [0.29, 0.717) is 11.3 Å². The van der Waals surface area contributed by atoms with Gasteiger partial charge in [-0.2, -0.15) is 5.10 Å². The molecule has 1 N–H and O–H groups in total. The van der Waals surface area contributed by atoms with Gasteiger partial charge in [0.1, 0.15) is 0 Å². The van der Waals surface area contributed by atoms with E-state index < -0.39 is 0 Å². The number of aromatic nitrogens is 4. The molecule has 1 saturated heterocycles. The van der Waals surface area contributed by atoms with E-state index in [1.165, 1.54) is 19.3 Å². The molecule has 7 heteroatoms. The van der Waals surface area contributed by atoms with Crippen LogP contribution in [-0.4, -0.2) is 38.7 Å². The number of rotatable bonds is 4. The smallest absolute Gasteiger partial charge is 0.255 e. The third-order valence-electron chi connectivity index (χ3n) is 4.41. The summed E-state index contributed by atoms with van der Waals surface area (Å²) < 4.78 is 1.72. The minimum atomic E-state index is -0.201. The van der Waals surface area contributed by atoms with Crippen LogP contribution in [0.2, 0.25) is 0 Å². The first-order chi connectivity index (χ1) is 12.8. The van der Waals surface area contributed by atoms with E-state index in [0.717, 1.165) is 24.7 Å². The molecule has 7 nitrogen and oxygen atoms in total. The second kappa shape index (κ2) is 7.35. The Kier molecular flexibility index (Phi) is 4.59. The summed E-state index contributed by atoms with van der Waals surface area (Å²) in [7, 11) is 0. The normalized spacial score (nSPS) is 14.2. The molecule has 3 aromatic rings. The maximum absolute atomic E-state index is 12.5. The van der Waals surface area contributed by atoms with Gasteiger partial charge in [0.25, 0.3) is 5.91 Å². The van der Waals surface area contributed by atoms with Gasteiger partial charge in [0, 0.05) is 31.0 Å². The zero-order chi connectivity index (χ0) is 17.8. The summed E-state index contributed by atoms with van der Waals surface area (Å²) in [6.07, 6.45) is 10.5. The standard InChI is InChI=1S/C19H20N6O/c26-18(15-6-4-7-17(12-15)25-11-5-8-22-25)23-16-13-20-19(21-14-16)24-9-2-1-3-10-24/h4-8,11-14H,1-3,9-10H2,(H,23,26). The third kappa shape index (κ3) is 3.56. The number of anilines is 2. The largest absolute Gasteiger partial charge is 0.341 e. The minimum absolute atomic E-state index is 0.201. The highest BCUT2D eigenvalue weighted by Gasteiger charge is 2.14. The number of nitrogens with zero attached hydrogens (tertiary/aromatic N) is 5. The quantitative estimate of drug-likeness (QED) is 0.784. The molecule has 1 aliphatic rings. The first kappa shape index (κ1) is 16.3. The van der Waals surface area contributed by atoms with E-state index in [9.17, 15) is 4.79 Å². The van der Waals surface area contributed by atoms with Crippen LogP contribution in [0.4, 0.5) is 11.6 Å². The molecule has 1 aliphatic heterocycles. The van der Waals surface area contributed by atoms with E-state index in [4.69, 9.17) is 0 Å². The number of carbonyl (C=O) groups excluding carboxylic acids is 1. The van der Waals surface area contributed by atoms with Crippen LogP contribution in [0, 0.1) is 0 Å². The molecule has 0 aliphatic carbocycles. The lowest BCUT2D eigenvalue weighted by Gasteiger charge is -2.26. The molecular formula is C19H20N6O. The van der Waals surface area contributed by atoms with Crippen molar-refractivity contribution in [2.45, 2.75) is 19.3 Å². The molecule has 0 unspecified atom stereocenters. The lowest BCUT2D eigenvalue weighted by molar-refractivity contribution is 0.102. The van der Waals surface area contributed by atoms with Crippen molar-refractivity contribution in [3.63, 3.8) is 0 Å². The van der Waals surface area contributed by atoms with Gasteiger partial charge in [-0.25, -0.2) is 14.6 Å². The van der Waals surface area contributed by atoms with E-state index in [1.54, 1.807) is 35.4 Å². The molecule has 2 aromatic heterocycles. The van der Waals surface area contributed by atoms with Crippen LogP contribution < -0.4 is 10.2 Å². The summed E-state index contributed by atoms with van der Waals surface area (Å²) in [6, 6.07) is 9.15. The van der Waals surface area contributed by atoms with Crippen molar-refractivity contribution in [2.24, 2.45) is 0 Å². The Morgan fingerprint density at radius 2 is 1.85 bits per heavy atom. The fourth-order valence-electron chi connectivity index (χ4n) is 3.06. The van der Waals surface area contributed by atoms with Crippen LogP contribution in [0.5, 0.6) is 0 Å². The lowest BCUT2D eigenvalue weighted by Crippen LogP contribution is -2.30. The van der Waals surface area contributed by atoms with Crippen molar-refractivity contribution in [1.82, 2.24) is 19.7 Å². The summed E-state index contributed by atoms with van der Waals surface area (Å²) >= 11 is 0. The fraction of sp³-hybridized carbons (Fsp3) is 0.263. The van der Waals surface area contributed by atoms with Crippen molar-refractivity contribution < 1.29 is 4.79 Å². The highest BCUT2D eigenvalue weighted by molar-refractivity contribution is 6.04. The van der Waals surface area contributed by atoms with Crippen LogP contribution in [0.15, 0.2) is 55.1 Å². The number of amides is 1. The Balaban J connectivity index is 1.45. The molecule has 26 heavy (non-hydrogen) atoms. The van der Waals surface area contributed by atoms with Crippen molar-refractivity contribution in [3.05, 3.63) is 60.7 Å². The fourth-order valence-corrected chi connectivity index (χ4v) is 3.06. The Morgan fingerprint density at radius 1 is 1.04 bits per heavy atom. The molecular weight excluding hydrogens is 328 g/mol. The SMILES string of the molecule is O=C(Nc1cnc(N2CCCCC2)nc1)c1cccc(-n2cccn2)c1. The van der Waals surface area contributed by atoms with Gasteiger partial charge in [-0.1, -0.05) is 6.07 Å². The predicted octanol–water partition coefficient (Wildman–Crippen LogP) is 2.90. The Hall–Kier alpha value is -3.22. The molecule has 0 atom stereocenters. The molecule has 1 aromatic carbocycles. The van der Waals surface area contributed by atoms with Crippen molar-refractivity contribution in [3.8, 4) is 5.69 Å². The van der Waals surface area contributed by atoms with Gasteiger partial charge >= 0.3 is 0 Å². The highest BCUT2D eigenvalue weighted by atomic mass is 16.1. The minimum Gasteiger partial charge on any atom is -0.341 e. The maximum Gasteiger partial charge on any atom is 0.255 e. The van der Waals surface area contributed by atoms with Crippen molar-refractivity contribution in [1.29, 1.82) is 0 Å². The zero-order valence-corrected chi connectivity index (χ0v) is 14.4. The van der Waals surface area contributed by atoms with Crippen LogP contribution in [0.1, 0.15) is 29.6 Å². The molecule has 0 radical (unpaired) electrons. The number of benzene rings is 1. The van der Waals surface area contributed by atoms with Crippen LogP contribution >= 0.6 is 0 Å². The number of nitrogens with one attached hydrogen (secondary N) is 1. The maximum atomic E-state index is 12.5. The van der Waals surface area contributed by atoms with Gasteiger partial charge in [-0.3, -0.25) is 4.79 Å². The molecule has 0 saturated carbocycles. The van der Waals surface area contributed by atoms with E-state index in [2.05, 4.69) is 25.3 Å². The monoisotopic (exact) mass is 348 g/mol. The van der Waals surface area contributed by atoms with E-state index in [-0.39, 0.29) is 5.91 Å². The summed E-state index contributed by atoms with van der Waals surface area (Å²) in [5.74, 6) is 0.525. The van der Waals surface area contributed by atoms with Gasteiger partial charge in [-0.05, 0) is 43.5 Å². The molecule has 4 rings (SSSR count). The first-order valence-corrected chi connectivity index (χ1v) is 8.78. The zero-order valence-electron chi connectivity index (χ0n) is 14.4. The Labute approximate surface area is 151 Å². The topological polar surface area (TPSA) is 75.9 Å². The number of piperidine rings is 1. The Morgan fingerprint density at radius 3 is 2.58 bits per heavy atom. The summed E-state index contributed by atoms with van der Waals surface area (Å²) in [6.45, 7) is 1.98. The van der Waals surface area contributed by atoms with Gasteiger partial charge in [0.05, 0.1) is 23.8 Å². The average molecular weight is 348 g/mol. The second-order valence-corrected chi connectivity index (χ2v) is 6.27. The average Bonchev–Trinajstić information content (AvgIpc) is 3.24. The van der Waals surface area contributed by atoms with Crippen LogP contribution in [0.25, 0.3) is 5.69 Å². The van der Waals surface area contributed by atoms with Crippen molar-refractivity contribution >= 4 is 17.5 Å². The van der Waals surface area contributed by atoms with Gasteiger partial charge in [0.15, 0.2) is 0 Å². The van der Waals surface area contributed by atoms with E-state index >= 15 is 0 Å². The van der Waals surface area contributed by atoms with Gasteiger partial charge < -0.3 is 10.2 Å². The summed E-state index contributed by atoms with van der Waals surface area (Å²) in [5, 5.41) is 7.03.